The number of fused-ring (bicyclic) bond motifs is 5. The first-order chi connectivity index (χ1) is 18.7. The van der Waals surface area contributed by atoms with Crippen LogP contribution in [0.3, 0.4) is 0 Å². The largest absolute Gasteiger partial charge is 0.383 e. The van der Waals surface area contributed by atoms with Gasteiger partial charge in [-0.1, -0.05) is 5.16 Å². The molecule has 1 aromatic carbocycles. The van der Waals surface area contributed by atoms with Gasteiger partial charge in [-0.05, 0) is 38.0 Å². The molecule has 2 N–H and O–H groups in total. The maximum Gasteiger partial charge on any atom is 0.242 e. The van der Waals surface area contributed by atoms with Crippen molar-refractivity contribution in [2.75, 3.05) is 37.0 Å². The zero-order valence-corrected chi connectivity index (χ0v) is 21.6. The summed E-state index contributed by atoms with van der Waals surface area (Å²) in [7, 11) is 1.59. The fourth-order valence-electron chi connectivity index (χ4n) is 6.17. The van der Waals surface area contributed by atoms with Gasteiger partial charge in [0.2, 0.25) is 23.3 Å². The zero-order valence-electron chi connectivity index (χ0n) is 21.6. The summed E-state index contributed by atoms with van der Waals surface area (Å²) in [6, 6.07) is 2.51. The standard InChI is InChI=1S/C26H27FN6O6/c1-12-11-33-21-14(10-26(23(33)13(2)38-12)17(34)9-18(35)31-24(26)36)8-15-20(32-39-22(15)19(21)27)16-4-5-28-25(30-16)29-6-7-37-3/h4-5,8,12-13,23H,6-7,9-11H2,1-3H3,(H,28,29,30)(H,31,35,36)/t12-,13+,23-,26?/m1/s1. The molecule has 204 valence electrons. The Morgan fingerprint density at radius 1 is 1.31 bits per heavy atom. The molecule has 1 unspecified atom stereocenters. The Kier molecular flexibility index (Phi) is 6.07. The Balaban J connectivity index is 1.50. The normalized spacial score (nSPS) is 26.5. The van der Waals surface area contributed by atoms with Crippen molar-refractivity contribution in [2.45, 2.75) is 44.9 Å². The van der Waals surface area contributed by atoms with Gasteiger partial charge in [-0.15, -0.1) is 0 Å². The lowest BCUT2D eigenvalue weighted by Gasteiger charge is -2.55. The van der Waals surface area contributed by atoms with E-state index in [1.165, 1.54) is 0 Å². The maximum absolute atomic E-state index is 16.3. The second-order valence-corrected chi connectivity index (χ2v) is 10.2. The number of morpholine rings is 1. The second kappa shape index (κ2) is 9.35. The molecule has 2 amide bonds. The Morgan fingerprint density at radius 2 is 2.13 bits per heavy atom. The highest BCUT2D eigenvalue weighted by atomic mass is 19.1. The SMILES string of the molecule is COCCNc1nccc(-c2noc3c(F)c4c(cc23)CC2(C(=O)CC(=O)NC2=O)[C@H]2[C@H](C)O[C@H](C)CN42)n1. The maximum atomic E-state index is 16.3. The number of rotatable bonds is 5. The van der Waals surface area contributed by atoms with E-state index >= 15 is 4.39 Å². The molecule has 2 saturated heterocycles. The number of nitrogens with one attached hydrogen (secondary N) is 2. The number of carbonyl (C=O) groups excluding carboxylic acids is 3. The molecule has 0 radical (unpaired) electrons. The van der Waals surface area contributed by atoms with Crippen molar-refractivity contribution in [2.24, 2.45) is 5.41 Å². The molecule has 1 spiro atoms. The molecule has 3 aliphatic rings. The van der Waals surface area contributed by atoms with Crippen LogP contribution in [-0.4, -0.2) is 77.8 Å². The number of ether oxygens (including phenoxy) is 2. The summed E-state index contributed by atoms with van der Waals surface area (Å²) in [6.45, 7) is 4.78. The minimum absolute atomic E-state index is 0.0626. The van der Waals surface area contributed by atoms with Gasteiger partial charge in [0.25, 0.3) is 0 Å². The number of carbonyl (C=O) groups is 3. The molecular formula is C26H27FN6O6. The number of halogens is 1. The first-order valence-electron chi connectivity index (χ1n) is 12.7. The smallest absolute Gasteiger partial charge is 0.242 e. The van der Waals surface area contributed by atoms with Crippen LogP contribution >= 0.6 is 0 Å². The minimum atomic E-state index is -1.62. The number of amides is 2. The lowest BCUT2D eigenvalue weighted by molar-refractivity contribution is -0.158. The average Bonchev–Trinajstić information content (AvgIpc) is 3.31. The number of methoxy groups -OCH3 is 1. The Morgan fingerprint density at radius 3 is 2.90 bits per heavy atom. The highest BCUT2D eigenvalue weighted by Gasteiger charge is 2.62. The molecule has 6 rings (SSSR count). The van der Waals surface area contributed by atoms with Gasteiger partial charge in [0.05, 0.1) is 48.0 Å². The minimum Gasteiger partial charge on any atom is -0.383 e. The summed E-state index contributed by atoms with van der Waals surface area (Å²) >= 11 is 0. The third-order valence-corrected chi connectivity index (χ3v) is 7.66. The number of hydrogen-bond donors (Lipinski definition) is 2. The molecule has 39 heavy (non-hydrogen) atoms. The first-order valence-corrected chi connectivity index (χ1v) is 12.7. The number of benzene rings is 1. The van der Waals surface area contributed by atoms with E-state index < -0.39 is 47.4 Å². The molecule has 12 nitrogen and oxygen atoms in total. The van der Waals surface area contributed by atoms with Gasteiger partial charge in [-0.25, -0.2) is 14.4 Å². The monoisotopic (exact) mass is 538 g/mol. The van der Waals surface area contributed by atoms with Gasteiger partial charge in [0.1, 0.15) is 11.1 Å². The molecule has 3 aromatic rings. The van der Waals surface area contributed by atoms with E-state index in [9.17, 15) is 14.4 Å². The summed E-state index contributed by atoms with van der Waals surface area (Å²) in [5.74, 6) is -2.15. The van der Waals surface area contributed by atoms with Crippen LogP contribution in [-0.2, 0) is 30.3 Å². The van der Waals surface area contributed by atoms with Crippen LogP contribution in [0.4, 0.5) is 16.0 Å². The van der Waals surface area contributed by atoms with Crippen molar-refractivity contribution in [3.8, 4) is 11.4 Å². The highest BCUT2D eigenvalue weighted by Crippen LogP contribution is 2.50. The lowest BCUT2D eigenvalue weighted by atomic mass is 9.63. The van der Waals surface area contributed by atoms with E-state index in [2.05, 4.69) is 25.8 Å². The van der Waals surface area contributed by atoms with E-state index in [4.69, 9.17) is 14.0 Å². The van der Waals surface area contributed by atoms with Crippen molar-refractivity contribution in [3.63, 3.8) is 0 Å². The Labute approximate surface area is 222 Å². The molecule has 0 saturated carbocycles. The predicted octanol–water partition coefficient (Wildman–Crippen LogP) is 1.62. The molecule has 0 bridgehead atoms. The average molecular weight is 539 g/mol. The number of piperidine rings is 1. The Hall–Kier alpha value is -3.97. The van der Waals surface area contributed by atoms with E-state index in [-0.39, 0.29) is 30.3 Å². The molecule has 2 fully saturated rings. The van der Waals surface area contributed by atoms with Crippen molar-refractivity contribution in [1.29, 1.82) is 0 Å². The molecule has 0 aliphatic carbocycles. The van der Waals surface area contributed by atoms with Gasteiger partial charge in [0.15, 0.2) is 11.6 Å². The fourth-order valence-corrected chi connectivity index (χ4v) is 6.17. The lowest BCUT2D eigenvalue weighted by Crippen LogP contribution is -2.72. The summed E-state index contributed by atoms with van der Waals surface area (Å²) < 4.78 is 32.8. The molecular weight excluding hydrogens is 511 g/mol. The molecule has 13 heteroatoms. The summed E-state index contributed by atoms with van der Waals surface area (Å²) in [5.41, 5.74) is -0.314. The number of anilines is 2. The van der Waals surface area contributed by atoms with Crippen molar-refractivity contribution in [1.82, 2.24) is 20.4 Å². The van der Waals surface area contributed by atoms with Crippen LogP contribution < -0.4 is 15.5 Å². The molecule has 2 aromatic heterocycles. The number of ketones is 1. The predicted molar refractivity (Wildman–Crippen MR) is 135 cm³/mol. The highest BCUT2D eigenvalue weighted by molar-refractivity contribution is 6.22. The van der Waals surface area contributed by atoms with E-state index in [1.807, 2.05) is 6.92 Å². The third kappa shape index (κ3) is 3.87. The molecule has 3 aliphatic heterocycles. The third-order valence-electron chi connectivity index (χ3n) is 7.66. The number of Topliss-reactive ketones (excluding diaryl/α,β-unsaturated/α-hetero) is 1. The zero-order chi connectivity index (χ0) is 27.5. The van der Waals surface area contributed by atoms with E-state index in [1.54, 1.807) is 37.3 Å². The summed E-state index contributed by atoms with van der Waals surface area (Å²) in [5, 5.41) is 9.84. The van der Waals surface area contributed by atoms with Gasteiger partial charge in [-0.2, -0.15) is 0 Å². The quantitative estimate of drug-likeness (QED) is 0.277. The molecule has 5 heterocycles. The topological polar surface area (TPSA) is 149 Å². The number of imide groups is 1. The van der Waals surface area contributed by atoms with Gasteiger partial charge >= 0.3 is 0 Å². The van der Waals surface area contributed by atoms with Crippen LogP contribution in [0.5, 0.6) is 0 Å². The van der Waals surface area contributed by atoms with Crippen LogP contribution in [0.2, 0.25) is 0 Å². The molecule has 4 atom stereocenters. The number of nitrogens with zero attached hydrogens (tertiary/aromatic N) is 4. The van der Waals surface area contributed by atoms with Crippen LogP contribution in [0.15, 0.2) is 22.9 Å². The first kappa shape index (κ1) is 25.3. The fraction of sp³-hybridized carbons (Fsp3) is 0.462. The van der Waals surface area contributed by atoms with Crippen LogP contribution in [0, 0.1) is 11.2 Å². The van der Waals surface area contributed by atoms with Crippen molar-refractivity contribution in [3.05, 3.63) is 29.7 Å². The van der Waals surface area contributed by atoms with Crippen LogP contribution in [0.1, 0.15) is 25.8 Å². The van der Waals surface area contributed by atoms with E-state index in [0.717, 1.165) is 0 Å². The van der Waals surface area contributed by atoms with E-state index in [0.29, 0.717) is 41.4 Å². The Bertz CT molecular complexity index is 1490. The van der Waals surface area contributed by atoms with Gasteiger partial charge < -0.3 is 24.2 Å². The van der Waals surface area contributed by atoms with Crippen molar-refractivity contribution >= 4 is 40.2 Å². The van der Waals surface area contributed by atoms with Gasteiger partial charge in [-0.3, -0.25) is 19.7 Å². The van der Waals surface area contributed by atoms with Crippen LogP contribution in [0.25, 0.3) is 22.4 Å². The number of aromatic nitrogens is 3. The number of hydrogen-bond acceptors (Lipinski definition) is 11. The van der Waals surface area contributed by atoms with Crippen molar-refractivity contribution < 1.29 is 32.8 Å². The van der Waals surface area contributed by atoms with Gasteiger partial charge in [0, 0.05) is 26.4 Å². The second-order valence-electron chi connectivity index (χ2n) is 10.2. The summed E-state index contributed by atoms with van der Waals surface area (Å²) in [4.78, 5) is 49.4. The summed E-state index contributed by atoms with van der Waals surface area (Å²) in [6.07, 6.45) is 0.124.